The van der Waals surface area contributed by atoms with Crippen LogP contribution in [0.25, 0.3) is 0 Å². The van der Waals surface area contributed by atoms with Crippen molar-refractivity contribution >= 4 is 40.9 Å². The number of nitrogens with zero attached hydrogens (tertiary/aromatic N) is 1. The Bertz CT molecular complexity index is 1310. The Morgan fingerprint density at radius 1 is 0.914 bits per heavy atom. The fourth-order valence-electron chi connectivity index (χ4n) is 3.79. The number of hydrogen-bond donors (Lipinski definition) is 1. The van der Waals surface area contributed by atoms with Gasteiger partial charge in [-0.2, -0.15) is 0 Å². The van der Waals surface area contributed by atoms with Crippen LogP contribution in [-0.4, -0.2) is 24.4 Å². The molecule has 0 spiro atoms. The van der Waals surface area contributed by atoms with E-state index in [4.69, 9.17) is 4.74 Å². The molecule has 0 saturated carbocycles. The Balaban J connectivity index is 1.79. The second-order valence-electron chi connectivity index (χ2n) is 7.94. The molecule has 1 aliphatic heterocycles. The number of imide groups is 1. The van der Waals surface area contributed by atoms with Gasteiger partial charge in [0.1, 0.15) is 10.6 Å². The predicted molar refractivity (Wildman–Crippen MR) is 138 cm³/mol. The van der Waals surface area contributed by atoms with Crippen molar-refractivity contribution in [2.75, 3.05) is 16.8 Å². The van der Waals surface area contributed by atoms with Crippen LogP contribution in [0.3, 0.4) is 0 Å². The van der Waals surface area contributed by atoms with E-state index in [2.05, 4.69) is 5.32 Å². The molecule has 6 nitrogen and oxygen atoms in total. The fourth-order valence-corrected chi connectivity index (χ4v) is 4.72. The number of esters is 1. The highest BCUT2D eigenvalue weighted by molar-refractivity contribution is 8.04. The molecule has 0 atom stereocenters. The predicted octanol–water partition coefficient (Wildman–Crippen LogP) is 5.72. The second kappa shape index (κ2) is 10.6. The van der Waals surface area contributed by atoms with Crippen LogP contribution in [0, 0.1) is 6.92 Å². The van der Waals surface area contributed by atoms with Crippen molar-refractivity contribution in [3.63, 3.8) is 0 Å². The molecule has 1 N–H and O–H groups in total. The topological polar surface area (TPSA) is 75.7 Å². The van der Waals surface area contributed by atoms with Gasteiger partial charge in [-0.3, -0.25) is 9.59 Å². The van der Waals surface area contributed by atoms with Crippen molar-refractivity contribution in [1.82, 2.24) is 0 Å². The van der Waals surface area contributed by atoms with Crippen molar-refractivity contribution < 1.29 is 19.1 Å². The molecule has 4 rings (SSSR count). The zero-order valence-electron chi connectivity index (χ0n) is 19.8. The molecule has 0 aromatic heterocycles. The van der Waals surface area contributed by atoms with E-state index < -0.39 is 17.8 Å². The lowest BCUT2D eigenvalue weighted by molar-refractivity contribution is -0.120. The summed E-state index contributed by atoms with van der Waals surface area (Å²) in [7, 11) is 0. The smallest absolute Gasteiger partial charge is 0.340 e. The largest absolute Gasteiger partial charge is 0.462 e. The molecule has 0 saturated heterocycles. The molecule has 178 valence electrons. The summed E-state index contributed by atoms with van der Waals surface area (Å²) >= 11 is 1.22. The van der Waals surface area contributed by atoms with Gasteiger partial charge in [-0.05, 0) is 56.2 Å². The first-order chi connectivity index (χ1) is 16.9. The molecule has 3 aromatic carbocycles. The highest BCUT2D eigenvalue weighted by atomic mass is 32.2. The molecule has 2 amide bonds. The summed E-state index contributed by atoms with van der Waals surface area (Å²) in [6.45, 7) is 5.90. The van der Waals surface area contributed by atoms with Gasteiger partial charge in [-0.25, -0.2) is 9.69 Å². The number of para-hydroxylation sites is 2. The van der Waals surface area contributed by atoms with Crippen LogP contribution < -0.4 is 10.2 Å². The lowest BCUT2D eigenvalue weighted by Gasteiger charge is -2.18. The number of benzene rings is 3. The van der Waals surface area contributed by atoms with Crippen LogP contribution >= 0.6 is 11.8 Å². The molecular formula is C28H26N2O4S. The molecule has 0 bridgehead atoms. The van der Waals surface area contributed by atoms with Crippen molar-refractivity contribution in [2.24, 2.45) is 0 Å². The Kier molecular flexibility index (Phi) is 7.36. The maximum absolute atomic E-state index is 13.7. The summed E-state index contributed by atoms with van der Waals surface area (Å²) in [5, 5.41) is 3.23. The summed E-state index contributed by atoms with van der Waals surface area (Å²) in [4.78, 5) is 42.2. The zero-order chi connectivity index (χ0) is 24.9. The van der Waals surface area contributed by atoms with Crippen molar-refractivity contribution in [3.8, 4) is 0 Å². The maximum atomic E-state index is 13.7. The Labute approximate surface area is 209 Å². The molecular weight excluding hydrogens is 460 g/mol. The van der Waals surface area contributed by atoms with Gasteiger partial charge in [-0.15, -0.1) is 0 Å². The van der Waals surface area contributed by atoms with Crippen LogP contribution in [0.1, 0.15) is 35.3 Å². The Morgan fingerprint density at radius 2 is 1.60 bits per heavy atom. The van der Waals surface area contributed by atoms with Crippen LogP contribution in [0.15, 0.2) is 88.3 Å². The average Bonchev–Trinajstić information content (AvgIpc) is 3.09. The maximum Gasteiger partial charge on any atom is 0.340 e. The molecule has 0 fully saturated rings. The van der Waals surface area contributed by atoms with E-state index in [1.165, 1.54) is 11.8 Å². The highest BCUT2D eigenvalue weighted by Crippen LogP contribution is 2.39. The summed E-state index contributed by atoms with van der Waals surface area (Å²) in [5.41, 5.74) is 3.41. The SMILES string of the molecule is CCOC(=O)c1ccccc1N1C(=O)C(Nc2ccccc2CC)=C(Sc2ccc(C)cc2)C1=O. The minimum Gasteiger partial charge on any atom is -0.462 e. The minimum absolute atomic E-state index is 0.158. The molecule has 0 aliphatic carbocycles. The first-order valence-corrected chi connectivity index (χ1v) is 12.2. The number of anilines is 2. The quantitative estimate of drug-likeness (QED) is 0.324. The number of carbonyl (C=O) groups excluding carboxylic acids is 3. The van der Waals surface area contributed by atoms with Gasteiger partial charge in [0.2, 0.25) is 0 Å². The summed E-state index contributed by atoms with van der Waals surface area (Å²) in [6.07, 6.45) is 0.758. The van der Waals surface area contributed by atoms with Gasteiger partial charge in [0.15, 0.2) is 0 Å². The number of rotatable bonds is 8. The highest BCUT2D eigenvalue weighted by Gasteiger charge is 2.41. The van der Waals surface area contributed by atoms with Crippen LogP contribution in [0.4, 0.5) is 11.4 Å². The van der Waals surface area contributed by atoms with Gasteiger partial charge >= 0.3 is 5.97 Å². The lowest BCUT2D eigenvalue weighted by Crippen LogP contribution is -2.33. The van der Waals surface area contributed by atoms with Gasteiger partial charge in [0, 0.05) is 10.6 Å². The van der Waals surface area contributed by atoms with E-state index in [9.17, 15) is 14.4 Å². The Hall–Kier alpha value is -3.84. The number of thioether (sulfide) groups is 1. The molecule has 0 unspecified atom stereocenters. The Morgan fingerprint density at radius 3 is 2.31 bits per heavy atom. The molecule has 7 heteroatoms. The third-order valence-electron chi connectivity index (χ3n) is 5.58. The van der Waals surface area contributed by atoms with E-state index >= 15 is 0 Å². The number of nitrogens with one attached hydrogen (secondary N) is 1. The van der Waals surface area contributed by atoms with Crippen LogP contribution in [-0.2, 0) is 20.7 Å². The van der Waals surface area contributed by atoms with Crippen molar-refractivity contribution in [1.29, 1.82) is 0 Å². The van der Waals surface area contributed by atoms with E-state index in [-0.39, 0.29) is 28.5 Å². The number of hydrogen-bond acceptors (Lipinski definition) is 6. The van der Waals surface area contributed by atoms with Crippen molar-refractivity contribution in [2.45, 2.75) is 32.1 Å². The monoisotopic (exact) mass is 486 g/mol. The standard InChI is InChI=1S/C28H26N2O4S/c1-4-19-10-6-8-12-22(19)29-24-25(35-20-16-14-18(3)15-17-20)27(32)30(26(24)31)23-13-9-7-11-21(23)28(33)34-5-2/h6-17,29H,4-5H2,1-3H3. The molecule has 1 aliphatic rings. The van der Waals surface area contributed by atoms with E-state index in [1.807, 2.05) is 62.4 Å². The number of aryl methyl sites for hydroxylation is 2. The fraction of sp³-hybridized carbons (Fsp3) is 0.179. The average molecular weight is 487 g/mol. The van der Waals surface area contributed by atoms with Gasteiger partial charge < -0.3 is 10.1 Å². The van der Waals surface area contributed by atoms with Crippen molar-refractivity contribution in [3.05, 3.63) is 100 Å². The molecule has 0 radical (unpaired) electrons. The number of amides is 2. The van der Waals surface area contributed by atoms with E-state index in [0.29, 0.717) is 0 Å². The van der Waals surface area contributed by atoms with Gasteiger partial charge in [-0.1, -0.05) is 66.7 Å². The summed E-state index contributed by atoms with van der Waals surface area (Å²) in [6, 6.07) is 21.9. The third kappa shape index (κ3) is 5.00. The first kappa shape index (κ1) is 24.3. The number of carbonyl (C=O) groups is 3. The van der Waals surface area contributed by atoms with Crippen LogP contribution in [0.5, 0.6) is 0 Å². The van der Waals surface area contributed by atoms with Gasteiger partial charge in [0.05, 0.1) is 17.9 Å². The molecule has 1 heterocycles. The first-order valence-electron chi connectivity index (χ1n) is 11.4. The van der Waals surface area contributed by atoms with Gasteiger partial charge in [0.25, 0.3) is 11.8 Å². The van der Waals surface area contributed by atoms with E-state index in [1.54, 1.807) is 31.2 Å². The summed E-state index contributed by atoms with van der Waals surface area (Å²) < 4.78 is 5.16. The molecule has 3 aromatic rings. The second-order valence-corrected chi connectivity index (χ2v) is 9.02. The van der Waals surface area contributed by atoms with Crippen LogP contribution in [0.2, 0.25) is 0 Å². The summed E-state index contributed by atoms with van der Waals surface area (Å²) in [5.74, 6) is -1.60. The zero-order valence-corrected chi connectivity index (χ0v) is 20.6. The minimum atomic E-state index is -0.589. The third-order valence-corrected chi connectivity index (χ3v) is 6.67. The van der Waals surface area contributed by atoms with E-state index in [0.717, 1.165) is 33.0 Å². The normalized spacial score (nSPS) is 13.4. The number of ether oxygens (including phenoxy) is 1. The molecule has 35 heavy (non-hydrogen) atoms. The lowest BCUT2D eigenvalue weighted by atomic mass is 10.1.